The Balaban J connectivity index is 2.64. The van der Waals surface area contributed by atoms with Gasteiger partial charge in [-0.15, -0.1) is 0 Å². The van der Waals surface area contributed by atoms with E-state index in [0.29, 0.717) is 5.92 Å². The van der Waals surface area contributed by atoms with Crippen LogP contribution in [0.15, 0.2) is 18.6 Å². The van der Waals surface area contributed by atoms with Crippen molar-refractivity contribution in [3.05, 3.63) is 24.3 Å². The smallest absolute Gasteiger partial charge is 0.115 e. The Labute approximate surface area is 91.3 Å². The second-order valence-corrected chi connectivity index (χ2v) is 3.77. The molecule has 0 saturated carbocycles. The maximum absolute atomic E-state index is 5.55. The molecular weight excluding hydrogens is 188 g/mol. The molecule has 84 valence electrons. The van der Waals surface area contributed by atoms with E-state index in [9.17, 15) is 0 Å². The Morgan fingerprint density at radius 3 is 2.60 bits per heavy atom. The van der Waals surface area contributed by atoms with Gasteiger partial charge in [0.2, 0.25) is 0 Å². The van der Waals surface area contributed by atoms with E-state index in [-0.39, 0.29) is 6.04 Å². The average Bonchev–Trinajstić information content (AvgIpc) is 2.32. The predicted octanol–water partition coefficient (Wildman–Crippen LogP) is 1.81. The van der Waals surface area contributed by atoms with Crippen molar-refractivity contribution in [1.82, 2.24) is 15.4 Å². The van der Waals surface area contributed by atoms with Crippen molar-refractivity contribution in [2.75, 3.05) is 0 Å². The third-order valence-electron chi connectivity index (χ3n) is 2.89. The van der Waals surface area contributed by atoms with Crippen molar-refractivity contribution in [3.63, 3.8) is 0 Å². The van der Waals surface area contributed by atoms with E-state index < -0.39 is 0 Å². The van der Waals surface area contributed by atoms with Gasteiger partial charge in [-0.1, -0.05) is 26.7 Å². The highest BCUT2D eigenvalue weighted by Gasteiger charge is 2.15. The Bertz CT molecular complexity index is 259. The molecule has 1 atom stereocenters. The summed E-state index contributed by atoms with van der Waals surface area (Å²) in [4.78, 5) is 8.12. The van der Waals surface area contributed by atoms with E-state index in [1.165, 1.54) is 12.8 Å². The molecule has 15 heavy (non-hydrogen) atoms. The zero-order valence-corrected chi connectivity index (χ0v) is 9.48. The highest BCUT2D eigenvalue weighted by Crippen LogP contribution is 2.22. The van der Waals surface area contributed by atoms with Crippen LogP contribution in [0.5, 0.6) is 0 Å². The number of nitrogens with one attached hydrogen (secondary N) is 1. The Morgan fingerprint density at radius 1 is 1.40 bits per heavy atom. The van der Waals surface area contributed by atoms with Crippen LogP contribution in [-0.2, 0) is 0 Å². The number of nitrogens with two attached hydrogens (primary N) is 1. The molecule has 4 heteroatoms. The zero-order chi connectivity index (χ0) is 11.1. The van der Waals surface area contributed by atoms with Crippen molar-refractivity contribution < 1.29 is 0 Å². The van der Waals surface area contributed by atoms with Crippen LogP contribution in [0.2, 0.25) is 0 Å². The summed E-state index contributed by atoms with van der Waals surface area (Å²) >= 11 is 0. The van der Waals surface area contributed by atoms with E-state index in [4.69, 9.17) is 5.84 Å². The quantitative estimate of drug-likeness (QED) is 0.553. The minimum atomic E-state index is 0.137. The van der Waals surface area contributed by atoms with Crippen molar-refractivity contribution in [1.29, 1.82) is 0 Å². The summed E-state index contributed by atoms with van der Waals surface area (Å²) in [6.07, 6.45) is 6.70. The van der Waals surface area contributed by atoms with Crippen LogP contribution in [0.4, 0.5) is 0 Å². The molecule has 0 aromatic carbocycles. The highest BCUT2D eigenvalue weighted by molar-refractivity contribution is 5.04. The molecule has 3 N–H and O–H groups in total. The normalized spacial score (nSPS) is 13.1. The molecule has 0 saturated heterocycles. The summed E-state index contributed by atoms with van der Waals surface area (Å²) in [6, 6.07) is 2.05. The molecular formula is C11H20N4. The number of nitrogens with zero attached hydrogens (tertiary/aromatic N) is 2. The van der Waals surface area contributed by atoms with Crippen LogP contribution in [0.3, 0.4) is 0 Å². The van der Waals surface area contributed by atoms with Gasteiger partial charge in [0.25, 0.3) is 0 Å². The summed E-state index contributed by atoms with van der Waals surface area (Å²) in [5.74, 6) is 6.25. The van der Waals surface area contributed by atoms with Gasteiger partial charge in [-0.05, 0) is 18.4 Å². The van der Waals surface area contributed by atoms with Crippen LogP contribution in [0, 0.1) is 5.92 Å². The summed E-state index contributed by atoms with van der Waals surface area (Å²) in [5, 5.41) is 0. The Morgan fingerprint density at radius 2 is 2.13 bits per heavy atom. The molecule has 0 amide bonds. The number of hydrazine groups is 1. The van der Waals surface area contributed by atoms with Gasteiger partial charge in [0.1, 0.15) is 6.33 Å². The van der Waals surface area contributed by atoms with Gasteiger partial charge in [-0.25, -0.2) is 9.97 Å². The lowest BCUT2D eigenvalue weighted by Crippen LogP contribution is -2.30. The molecule has 0 bridgehead atoms. The lowest BCUT2D eigenvalue weighted by molar-refractivity contribution is 0.370. The van der Waals surface area contributed by atoms with Crippen LogP contribution >= 0.6 is 0 Å². The first-order chi connectivity index (χ1) is 7.31. The third kappa shape index (κ3) is 3.57. The monoisotopic (exact) mass is 208 g/mol. The molecule has 4 nitrogen and oxygen atoms in total. The maximum atomic E-state index is 5.55. The minimum Gasteiger partial charge on any atom is -0.271 e. The van der Waals surface area contributed by atoms with Crippen LogP contribution in [0.25, 0.3) is 0 Å². The highest BCUT2D eigenvalue weighted by atomic mass is 15.2. The largest absolute Gasteiger partial charge is 0.271 e. The molecule has 0 spiro atoms. The molecule has 0 aliphatic rings. The molecule has 1 aromatic heterocycles. The maximum Gasteiger partial charge on any atom is 0.115 e. The fraction of sp³-hybridized carbons (Fsp3) is 0.636. The molecule has 0 fully saturated rings. The van der Waals surface area contributed by atoms with Crippen molar-refractivity contribution in [2.45, 2.75) is 39.2 Å². The van der Waals surface area contributed by atoms with Gasteiger partial charge in [-0.3, -0.25) is 11.3 Å². The van der Waals surface area contributed by atoms with Gasteiger partial charge < -0.3 is 0 Å². The van der Waals surface area contributed by atoms with Crippen molar-refractivity contribution in [3.8, 4) is 0 Å². The van der Waals surface area contributed by atoms with Crippen LogP contribution < -0.4 is 11.3 Å². The Hall–Kier alpha value is -1.00. The van der Waals surface area contributed by atoms with E-state index in [1.54, 1.807) is 12.5 Å². The van der Waals surface area contributed by atoms with Crippen molar-refractivity contribution >= 4 is 0 Å². The Kier molecular flexibility index (Phi) is 5.21. The zero-order valence-electron chi connectivity index (χ0n) is 9.48. The molecule has 0 radical (unpaired) electrons. The average molecular weight is 208 g/mol. The fourth-order valence-electron chi connectivity index (χ4n) is 1.74. The summed E-state index contributed by atoms with van der Waals surface area (Å²) < 4.78 is 0. The predicted molar refractivity (Wildman–Crippen MR) is 60.8 cm³/mol. The molecule has 1 unspecified atom stereocenters. The van der Waals surface area contributed by atoms with E-state index >= 15 is 0 Å². The second kappa shape index (κ2) is 6.48. The number of hydrogen-bond donors (Lipinski definition) is 2. The van der Waals surface area contributed by atoms with E-state index in [1.807, 2.05) is 6.07 Å². The molecule has 1 rings (SSSR count). The minimum absolute atomic E-state index is 0.137. The summed E-state index contributed by atoms with van der Waals surface area (Å²) in [5.41, 5.74) is 3.80. The standard InChI is InChI=1S/C11H20N4/c1-3-9(4-2)7-11(15-12)10-5-6-13-8-14-10/h5-6,8-9,11,15H,3-4,7,12H2,1-2H3. The first-order valence-corrected chi connectivity index (χ1v) is 5.53. The molecule has 1 heterocycles. The second-order valence-electron chi connectivity index (χ2n) is 3.77. The van der Waals surface area contributed by atoms with Gasteiger partial charge in [0, 0.05) is 6.20 Å². The number of hydrogen-bond acceptors (Lipinski definition) is 4. The van der Waals surface area contributed by atoms with Crippen molar-refractivity contribution in [2.24, 2.45) is 11.8 Å². The van der Waals surface area contributed by atoms with Gasteiger partial charge in [0.15, 0.2) is 0 Å². The van der Waals surface area contributed by atoms with Gasteiger partial charge >= 0.3 is 0 Å². The third-order valence-corrected chi connectivity index (χ3v) is 2.89. The summed E-state index contributed by atoms with van der Waals surface area (Å²) in [6.45, 7) is 4.42. The fourth-order valence-corrected chi connectivity index (χ4v) is 1.74. The first-order valence-electron chi connectivity index (χ1n) is 5.53. The summed E-state index contributed by atoms with van der Waals surface area (Å²) in [7, 11) is 0. The molecule has 1 aromatic rings. The lowest BCUT2D eigenvalue weighted by Gasteiger charge is -2.20. The SMILES string of the molecule is CCC(CC)CC(NN)c1ccncn1. The molecule has 0 aliphatic carbocycles. The first kappa shape index (κ1) is 12.1. The van der Waals surface area contributed by atoms with E-state index in [2.05, 4.69) is 29.2 Å². The number of aromatic nitrogens is 2. The van der Waals surface area contributed by atoms with Crippen LogP contribution in [-0.4, -0.2) is 9.97 Å². The van der Waals surface area contributed by atoms with Crippen LogP contribution in [0.1, 0.15) is 44.8 Å². The van der Waals surface area contributed by atoms with E-state index in [0.717, 1.165) is 12.1 Å². The van der Waals surface area contributed by atoms with Gasteiger partial charge in [0.05, 0.1) is 11.7 Å². The van der Waals surface area contributed by atoms with Gasteiger partial charge in [-0.2, -0.15) is 0 Å². The topological polar surface area (TPSA) is 63.8 Å². The molecule has 0 aliphatic heterocycles. The number of rotatable bonds is 6. The lowest BCUT2D eigenvalue weighted by atomic mass is 9.93.